The van der Waals surface area contributed by atoms with Crippen LogP contribution in [0.15, 0.2) is 0 Å². The van der Waals surface area contributed by atoms with E-state index in [9.17, 15) is 13.2 Å². The van der Waals surface area contributed by atoms with Gasteiger partial charge < -0.3 is 4.74 Å². The molecule has 0 radical (unpaired) electrons. The first-order valence-corrected chi connectivity index (χ1v) is 7.15. The molecule has 0 aromatic carbocycles. The van der Waals surface area contributed by atoms with Gasteiger partial charge in [-0.05, 0) is 19.8 Å². The second-order valence-electron chi connectivity index (χ2n) is 3.97. The molecule has 0 aromatic heterocycles. The monoisotopic (exact) mass is 249 g/mol. The highest BCUT2D eigenvalue weighted by Crippen LogP contribution is 2.25. The molecule has 0 saturated heterocycles. The van der Waals surface area contributed by atoms with Crippen LogP contribution in [-0.4, -0.2) is 37.7 Å². The van der Waals surface area contributed by atoms with E-state index in [-0.39, 0.29) is 6.61 Å². The maximum atomic E-state index is 12.0. The highest BCUT2D eigenvalue weighted by molar-refractivity contribution is 7.90. The molecule has 1 aliphatic carbocycles. The molecule has 0 aromatic rings. The zero-order valence-corrected chi connectivity index (χ0v) is 10.6. The lowest BCUT2D eigenvalue weighted by molar-refractivity contribution is 0.136. The zero-order valence-electron chi connectivity index (χ0n) is 9.81. The standard InChI is InChI=1S/C10H19NO4S/c1-3-15-10(12)11(2)16(13,14)9-7-5-4-6-8-9/h9H,3-8H2,1-2H3. The molecule has 0 heterocycles. The average molecular weight is 249 g/mol. The highest BCUT2D eigenvalue weighted by atomic mass is 32.2. The van der Waals surface area contributed by atoms with E-state index in [1.165, 1.54) is 7.05 Å². The van der Waals surface area contributed by atoms with Gasteiger partial charge in [0.15, 0.2) is 0 Å². The van der Waals surface area contributed by atoms with Gasteiger partial charge in [0.05, 0.1) is 11.9 Å². The Labute approximate surface area is 96.8 Å². The molecule has 1 aliphatic rings. The molecular formula is C10H19NO4S. The number of nitrogens with zero attached hydrogens (tertiary/aromatic N) is 1. The van der Waals surface area contributed by atoms with Crippen LogP contribution in [0, 0.1) is 0 Å². The Kier molecular flexibility index (Phi) is 4.58. The Balaban J connectivity index is 2.71. The number of rotatable bonds is 3. The van der Waals surface area contributed by atoms with Crippen molar-refractivity contribution in [3.63, 3.8) is 0 Å². The smallest absolute Gasteiger partial charge is 0.423 e. The summed E-state index contributed by atoms with van der Waals surface area (Å²) in [5, 5.41) is -0.421. The Morgan fingerprint density at radius 2 is 1.88 bits per heavy atom. The molecule has 0 spiro atoms. The van der Waals surface area contributed by atoms with E-state index in [4.69, 9.17) is 0 Å². The Hall–Kier alpha value is -0.780. The molecule has 0 unspecified atom stereocenters. The minimum Gasteiger partial charge on any atom is -0.449 e. The molecule has 1 amide bonds. The first-order valence-electron chi connectivity index (χ1n) is 5.64. The van der Waals surface area contributed by atoms with Crippen LogP contribution in [0.25, 0.3) is 0 Å². The fourth-order valence-corrected chi connectivity index (χ4v) is 3.54. The maximum absolute atomic E-state index is 12.0. The first kappa shape index (κ1) is 13.3. The van der Waals surface area contributed by atoms with E-state index in [2.05, 4.69) is 4.74 Å². The number of carbonyl (C=O) groups excluding carboxylic acids is 1. The summed E-state index contributed by atoms with van der Waals surface area (Å²) in [4.78, 5) is 11.4. The van der Waals surface area contributed by atoms with E-state index >= 15 is 0 Å². The van der Waals surface area contributed by atoms with Crippen molar-refractivity contribution in [2.45, 2.75) is 44.3 Å². The summed E-state index contributed by atoms with van der Waals surface area (Å²) in [6, 6.07) is 0. The van der Waals surface area contributed by atoms with Crippen LogP contribution in [-0.2, 0) is 14.8 Å². The first-order chi connectivity index (χ1) is 7.50. The van der Waals surface area contributed by atoms with Crippen LogP contribution < -0.4 is 0 Å². The molecule has 16 heavy (non-hydrogen) atoms. The predicted molar refractivity (Wildman–Crippen MR) is 60.6 cm³/mol. The lowest BCUT2D eigenvalue weighted by Crippen LogP contribution is -2.41. The van der Waals surface area contributed by atoms with Crippen molar-refractivity contribution in [1.29, 1.82) is 0 Å². The predicted octanol–water partition coefficient (Wildman–Crippen LogP) is 1.74. The van der Waals surface area contributed by atoms with Crippen molar-refractivity contribution >= 4 is 16.1 Å². The molecule has 0 atom stereocenters. The molecule has 5 nitrogen and oxygen atoms in total. The molecular weight excluding hydrogens is 230 g/mol. The maximum Gasteiger partial charge on any atom is 0.423 e. The zero-order chi connectivity index (χ0) is 12.2. The quantitative estimate of drug-likeness (QED) is 0.764. The van der Waals surface area contributed by atoms with Crippen LogP contribution in [0.1, 0.15) is 39.0 Å². The minimum absolute atomic E-state index is 0.184. The van der Waals surface area contributed by atoms with E-state index in [1.54, 1.807) is 6.92 Å². The normalized spacial score (nSPS) is 18.1. The third-order valence-corrected chi connectivity index (χ3v) is 5.11. The fourth-order valence-electron chi connectivity index (χ4n) is 1.90. The SMILES string of the molecule is CCOC(=O)N(C)S(=O)(=O)C1CCCCC1. The molecule has 1 rings (SSSR count). The molecule has 1 fully saturated rings. The lowest BCUT2D eigenvalue weighted by Gasteiger charge is -2.26. The van der Waals surface area contributed by atoms with E-state index in [0.29, 0.717) is 12.8 Å². The van der Waals surface area contributed by atoms with Crippen LogP contribution in [0.4, 0.5) is 4.79 Å². The number of hydrogen-bond acceptors (Lipinski definition) is 4. The summed E-state index contributed by atoms with van der Waals surface area (Å²) < 4.78 is 29.5. The van der Waals surface area contributed by atoms with Gasteiger partial charge in [0.2, 0.25) is 10.0 Å². The van der Waals surface area contributed by atoms with Gasteiger partial charge in [-0.15, -0.1) is 0 Å². The molecule has 0 N–H and O–H groups in total. The van der Waals surface area contributed by atoms with Gasteiger partial charge >= 0.3 is 6.09 Å². The summed E-state index contributed by atoms with van der Waals surface area (Å²) in [6.45, 7) is 1.84. The van der Waals surface area contributed by atoms with Gasteiger partial charge in [-0.25, -0.2) is 17.5 Å². The number of ether oxygens (including phenoxy) is 1. The lowest BCUT2D eigenvalue weighted by atomic mass is 10.0. The van der Waals surface area contributed by atoms with E-state index in [1.807, 2.05) is 0 Å². The van der Waals surface area contributed by atoms with E-state index in [0.717, 1.165) is 23.6 Å². The van der Waals surface area contributed by atoms with Crippen LogP contribution in [0.2, 0.25) is 0 Å². The molecule has 1 saturated carbocycles. The van der Waals surface area contributed by atoms with Crippen molar-refractivity contribution in [3.05, 3.63) is 0 Å². The van der Waals surface area contributed by atoms with Crippen LogP contribution in [0.3, 0.4) is 0 Å². The van der Waals surface area contributed by atoms with E-state index < -0.39 is 21.4 Å². The van der Waals surface area contributed by atoms with Crippen molar-refractivity contribution in [1.82, 2.24) is 4.31 Å². The average Bonchev–Trinajstić information content (AvgIpc) is 2.29. The van der Waals surface area contributed by atoms with Crippen molar-refractivity contribution < 1.29 is 17.9 Å². The van der Waals surface area contributed by atoms with Gasteiger partial charge in [-0.3, -0.25) is 0 Å². The second kappa shape index (κ2) is 5.52. The van der Waals surface area contributed by atoms with Gasteiger partial charge in [0.1, 0.15) is 0 Å². The Morgan fingerprint density at radius 3 is 2.38 bits per heavy atom. The van der Waals surface area contributed by atoms with Crippen LogP contribution in [0.5, 0.6) is 0 Å². The summed E-state index contributed by atoms with van der Waals surface area (Å²) in [6.07, 6.45) is 3.42. The Bertz CT molecular complexity index is 333. The van der Waals surface area contributed by atoms with Gasteiger partial charge in [-0.1, -0.05) is 19.3 Å². The third-order valence-electron chi connectivity index (χ3n) is 2.88. The Morgan fingerprint density at radius 1 is 1.31 bits per heavy atom. The van der Waals surface area contributed by atoms with Gasteiger partial charge in [0.25, 0.3) is 0 Å². The summed E-state index contributed by atoms with van der Waals surface area (Å²) in [7, 11) is -2.26. The van der Waals surface area contributed by atoms with Crippen molar-refractivity contribution in [2.75, 3.05) is 13.7 Å². The fraction of sp³-hybridized carbons (Fsp3) is 0.900. The van der Waals surface area contributed by atoms with Gasteiger partial charge in [0, 0.05) is 7.05 Å². The number of hydrogen-bond donors (Lipinski definition) is 0. The summed E-state index contributed by atoms with van der Waals surface area (Å²) in [5.74, 6) is 0. The number of sulfonamides is 1. The highest BCUT2D eigenvalue weighted by Gasteiger charge is 2.34. The van der Waals surface area contributed by atoms with Crippen molar-refractivity contribution in [2.24, 2.45) is 0 Å². The minimum atomic E-state index is -3.52. The topological polar surface area (TPSA) is 63.7 Å². The summed E-state index contributed by atoms with van der Waals surface area (Å²) >= 11 is 0. The third kappa shape index (κ3) is 2.87. The largest absolute Gasteiger partial charge is 0.449 e. The van der Waals surface area contributed by atoms with Gasteiger partial charge in [-0.2, -0.15) is 0 Å². The summed E-state index contributed by atoms with van der Waals surface area (Å²) in [5.41, 5.74) is 0. The molecule has 0 aliphatic heterocycles. The number of carbonyl (C=O) groups is 1. The molecule has 94 valence electrons. The molecule has 6 heteroatoms. The second-order valence-corrected chi connectivity index (χ2v) is 6.22. The number of amides is 1. The van der Waals surface area contributed by atoms with Crippen LogP contribution >= 0.6 is 0 Å². The van der Waals surface area contributed by atoms with Crippen molar-refractivity contribution in [3.8, 4) is 0 Å². The molecule has 0 bridgehead atoms.